The highest BCUT2D eigenvalue weighted by Gasteiger charge is 2.12. The number of hydrogen-bond acceptors (Lipinski definition) is 3. The monoisotopic (exact) mass is 249 g/mol. The zero-order valence-corrected chi connectivity index (χ0v) is 11.4. The maximum absolute atomic E-state index is 4.68. The summed E-state index contributed by atoms with van der Waals surface area (Å²) in [5, 5.41) is 3.50. The van der Waals surface area contributed by atoms with E-state index in [-0.39, 0.29) is 0 Å². The smallest absolute Gasteiger partial charge is 0.126 e. The molecule has 0 saturated heterocycles. The number of benzene rings is 1. The van der Waals surface area contributed by atoms with Crippen LogP contribution in [0.2, 0.25) is 0 Å². The molecule has 0 aliphatic rings. The lowest BCUT2D eigenvalue weighted by molar-refractivity contribution is 0.554. The van der Waals surface area contributed by atoms with Gasteiger partial charge in [0.2, 0.25) is 0 Å². The van der Waals surface area contributed by atoms with Crippen LogP contribution >= 0.6 is 11.8 Å². The molecule has 17 heavy (non-hydrogen) atoms. The summed E-state index contributed by atoms with van der Waals surface area (Å²) >= 11 is 1.86. The zero-order valence-electron chi connectivity index (χ0n) is 10.6. The van der Waals surface area contributed by atoms with E-state index >= 15 is 0 Å². The minimum atomic E-state index is 0.291. The molecule has 1 atom stereocenters. The van der Waals surface area contributed by atoms with Crippen molar-refractivity contribution in [3.8, 4) is 0 Å². The molecule has 0 aliphatic carbocycles. The fourth-order valence-corrected chi connectivity index (χ4v) is 2.34. The Balaban J connectivity index is 2.20. The summed E-state index contributed by atoms with van der Waals surface area (Å²) in [7, 11) is 2.08. The molecule has 1 aromatic carbocycles. The highest BCUT2D eigenvalue weighted by Crippen LogP contribution is 2.18. The van der Waals surface area contributed by atoms with E-state index in [9.17, 15) is 0 Å². The van der Waals surface area contributed by atoms with Crippen LogP contribution in [0.25, 0.3) is 11.0 Å². The summed E-state index contributed by atoms with van der Waals surface area (Å²) in [6.07, 6.45) is 2.13. The predicted octanol–water partition coefficient (Wildman–Crippen LogP) is 2.59. The third-order valence-electron chi connectivity index (χ3n) is 2.97. The number of thioether (sulfide) groups is 1. The molecule has 1 unspecified atom stereocenters. The van der Waals surface area contributed by atoms with Crippen molar-refractivity contribution in [2.45, 2.75) is 13.0 Å². The molecule has 0 spiro atoms. The van der Waals surface area contributed by atoms with Crippen molar-refractivity contribution in [2.75, 3.05) is 18.6 Å². The van der Waals surface area contributed by atoms with Crippen LogP contribution in [0.1, 0.15) is 18.8 Å². The minimum absolute atomic E-state index is 0.291. The molecule has 0 aliphatic heterocycles. The molecule has 0 radical (unpaired) electrons. The van der Waals surface area contributed by atoms with Crippen LogP contribution in [-0.4, -0.2) is 28.1 Å². The first-order valence-corrected chi connectivity index (χ1v) is 7.27. The lowest BCUT2D eigenvalue weighted by atomic mass is 10.3. The molecule has 2 aromatic rings. The Labute approximate surface area is 107 Å². The largest absolute Gasteiger partial charge is 0.330 e. The fourth-order valence-electron chi connectivity index (χ4n) is 2.02. The van der Waals surface area contributed by atoms with E-state index in [1.165, 1.54) is 5.52 Å². The zero-order chi connectivity index (χ0) is 12.3. The van der Waals surface area contributed by atoms with Crippen LogP contribution in [-0.2, 0) is 7.05 Å². The van der Waals surface area contributed by atoms with Crippen LogP contribution < -0.4 is 5.32 Å². The summed E-state index contributed by atoms with van der Waals surface area (Å²) in [5.41, 5.74) is 2.27. The van der Waals surface area contributed by atoms with Crippen LogP contribution in [0.4, 0.5) is 0 Å². The van der Waals surface area contributed by atoms with Gasteiger partial charge in [0.15, 0.2) is 0 Å². The van der Waals surface area contributed by atoms with Crippen molar-refractivity contribution in [3.63, 3.8) is 0 Å². The molecule has 1 N–H and O–H groups in total. The van der Waals surface area contributed by atoms with Crippen molar-refractivity contribution in [1.29, 1.82) is 0 Å². The molecule has 0 amide bonds. The van der Waals surface area contributed by atoms with Gasteiger partial charge in [0, 0.05) is 19.3 Å². The topological polar surface area (TPSA) is 29.9 Å². The summed E-state index contributed by atoms with van der Waals surface area (Å²) < 4.78 is 2.17. The highest BCUT2D eigenvalue weighted by molar-refractivity contribution is 7.98. The summed E-state index contributed by atoms with van der Waals surface area (Å²) in [4.78, 5) is 4.68. The van der Waals surface area contributed by atoms with Crippen LogP contribution in [0.15, 0.2) is 24.3 Å². The second kappa shape index (κ2) is 5.56. The summed E-state index contributed by atoms with van der Waals surface area (Å²) in [6, 6.07) is 8.55. The summed E-state index contributed by atoms with van der Waals surface area (Å²) in [5.74, 6) is 2.24. The number of hydrogen-bond donors (Lipinski definition) is 1. The van der Waals surface area contributed by atoms with E-state index in [0.29, 0.717) is 6.04 Å². The first-order valence-electron chi connectivity index (χ1n) is 5.87. The van der Waals surface area contributed by atoms with Gasteiger partial charge in [0.1, 0.15) is 5.82 Å². The van der Waals surface area contributed by atoms with Gasteiger partial charge in [-0.1, -0.05) is 12.1 Å². The van der Waals surface area contributed by atoms with Crippen molar-refractivity contribution in [2.24, 2.45) is 7.05 Å². The maximum atomic E-state index is 4.68. The minimum Gasteiger partial charge on any atom is -0.330 e. The number of para-hydroxylation sites is 2. The van der Waals surface area contributed by atoms with Gasteiger partial charge in [-0.25, -0.2) is 4.98 Å². The van der Waals surface area contributed by atoms with E-state index in [0.717, 1.165) is 23.6 Å². The number of rotatable bonds is 5. The van der Waals surface area contributed by atoms with Gasteiger partial charge in [-0.05, 0) is 25.3 Å². The Morgan fingerprint density at radius 3 is 2.88 bits per heavy atom. The average Bonchev–Trinajstić information content (AvgIpc) is 2.68. The van der Waals surface area contributed by atoms with Crippen molar-refractivity contribution < 1.29 is 0 Å². The van der Waals surface area contributed by atoms with Crippen LogP contribution in [0.3, 0.4) is 0 Å². The number of fused-ring (bicyclic) bond motifs is 1. The second-order valence-electron chi connectivity index (χ2n) is 4.19. The molecular formula is C13H19N3S. The Kier molecular flexibility index (Phi) is 4.07. The standard InChI is InChI=1S/C13H19N3S/c1-10(14-8-9-17-3)13-15-11-6-4-5-7-12(11)16(13)2/h4-7,10,14H,8-9H2,1-3H3. The first-order chi connectivity index (χ1) is 8.24. The van der Waals surface area contributed by atoms with Gasteiger partial charge in [0.25, 0.3) is 0 Å². The van der Waals surface area contributed by atoms with Gasteiger partial charge < -0.3 is 9.88 Å². The molecular weight excluding hydrogens is 230 g/mol. The Morgan fingerprint density at radius 2 is 2.18 bits per heavy atom. The molecule has 3 nitrogen and oxygen atoms in total. The molecule has 1 heterocycles. The lowest BCUT2D eigenvalue weighted by Gasteiger charge is -2.13. The number of nitrogens with one attached hydrogen (secondary N) is 1. The molecule has 2 rings (SSSR count). The molecule has 92 valence electrons. The van der Waals surface area contributed by atoms with E-state index in [2.05, 4.69) is 53.3 Å². The highest BCUT2D eigenvalue weighted by atomic mass is 32.2. The van der Waals surface area contributed by atoms with Crippen molar-refractivity contribution in [3.05, 3.63) is 30.1 Å². The predicted molar refractivity (Wildman–Crippen MR) is 75.5 cm³/mol. The van der Waals surface area contributed by atoms with Crippen LogP contribution in [0.5, 0.6) is 0 Å². The van der Waals surface area contributed by atoms with Gasteiger partial charge in [0.05, 0.1) is 17.1 Å². The van der Waals surface area contributed by atoms with Gasteiger partial charge in [-0.15, -0.1) is 0 Å². The quantitative estimate of drug-likeness (QED) is 0.826. The Bertz CT molecular complexity index is 492. The van der Waals surface area contributed by atoms with Gasteiger partial charge in [-0.3, -0.25) is 0 Å². The van der Waals surface area contributed by atoms with E-state index in [1.54, 1.807) is 0 Å². The normalized spacial score (nSPS) is 13.1. The first kappa shape index (κ1) is 12.5. The van der Waals surface area contributed by atoms with E-state index in [1.807, 2.05) is 17.8 Å². The molecule has 1 aromatic heterocycles. The maximum Gasteiger partial charge on any atom is 0.126 e. The van der Waals surface area contributed by atoms with Crippen molar-refractivity contribution in [1.82, 2.24) is 14.9 Å². The number of imidazole rings is 1. The van der Waals surface area contributed by atoms with E-state index in [4.69, 9.17) is 0 Å². The summed E-state index contributed by atoms with van der Waals surface area (Å²) in [6.45, 7) is 3.19. The van der Waals surface area contributed by atoms with Crippen molar-refractivity contribution >= 4 is 22.8 Å². The Hall–Kier alpha value is -1.00. The van der Waals surface area contributed by atoms with Gasteiger partial charge >= 0.3 is 0 Å². The second-order valence-corrected chi connectivity index (χ2v) is 5.17. The van der Waals surface area contributed by atoms with E-state index < -0.39 is 0 Å². The SMILES string of the molecule is CSCCNC(C)c1nc2ccccc2n1C. The Morgan fingerprint density at radius 1 is 1.41 bits per heavy atom. The molecule has 0 bridgehead atoms. The fraction of sp³-hybridized carbons (Fsp3) is 0.462. The average molecular weight is 249 g/mol. The third-order valence-corrected chi connectivity index (χ3v) is 3.58. The van der Waals surface area contributed by atoms with Gasteiger partial charge in [-0.2, -0.15) is 11.8 Å². The molecule has 4 heteroatoms. The number of aromatic nitrogens is 2. The molecule has 0 fully saturated rings. The molecule has 0 saturated carbocycles. The number of aryl methyl sites for hydroxylation is 1. The third kappa shape index (κ3) is 2.64. The lowest BCUT2D eigenvalue weighted by Crippen LogP contribution is -2.23. The van der Waals surface area contributed by atoms with Crippen LogP contribution in [0, 0.1) is 0 Å². The number of nitrogens with zero attached hydrogens (tertiary/aromatic N) is 2.